The molecule has 0 aliphatic carbocycles. The van der Waals surface area contributed by atoms with E-state index in [4.69, 9.17) is 4.74 Å². The Balaban J connectivity index is 2.49. The van der Waals surface area contributed by atoms with E-state index >= 15 is 0 Å². The molecule has 0 aromatic heterocycles. The summed E-state index contributed by atoms with van der Waals surface area (Å²) in [6, 6.07) is 0. The number of alkyl halides is 1. The molecule has 0 radical (unpaired) electrons. The lowest BCUT2D eigenvalue weighted by molar-refractivity contribution is 0.238. The number of hydrogen-bond donors (Lipinski definition) is 0. The van der Waals surface area contributed by atoms with Crippen LogP contribution < -0.4 is 0 Å². The third-order valence-corrected chi connectivity index (χ3v) is 1.34. The molecule has 0 aromatic carbocycles. The Morgan fingerprint density at radius 2 is 2.71 bits per heavy atom. The van der Waals surface area contributed by atoms with E-state index in [2.05, 4.69) is 27.6 Å². The summed E-state index contributed by atoms with van der Waals surface area (Å²) in [4.78, 5) is 3.88. The van der Waals surface area contributed by atoms with Gasteiger partial charge in [-0.2, -0.15) is 0 Å². The smallest absolute Gasteiger partial charge is 0.176 e. The molecule has 0 saturated carbocycles. The molecule has 1 aliphatic heterocycles. The zero-order valence-electron chi connectivity index (χ0n) is 4.02. The highest BCUT2D eigenvalue weighted by Gasteiger charge is 2.22. The van der Waals surface area contributed by atoms with Gasteiger partial charge in [0, 0.05) is 0 Å². The zero-order valence-corrected chi connectivity index (χ0v) is 6.18. The third-order valence-electron chi connectivity index (χ3n) is 0.747. The summed E-state index contributed by atoms with van der Waals surface area (Å²) in [6.45, 7) is 2.79. The fourth-order valence-electron chi connectivity index (χ4n) is 0.385. The van der Waals surface area contributed by atoms with Crippen molar-refractivity contribution < 1.29 is 4.74 Å². The van der Waals surface area contributed by atoms with E-state index in [0.717, 1.165) is 6.54 Å². The molecule has 0 amide bonds. The number of ether oxygens (including phenoxy) is 1. The predicted molar refractivity (Wildman–Crippen MR) is 36.9 cm³/mol. The maximum Gasteiger partial charge on any atom is 0.176 e. The highest BCUT2D eigenvalue weighted by molar-refractivity contribution is 14.1. The van der Waals surface area contributed by atoms with Gasteiger partial charge in [-0.1, -0.05) is 0 Å². The summed E-state index contributed by atoms with van der Waals surface area (Å²) in [5, 5.41) is 0. The van der Waals surface area contributed by atoms with Crippen molar-refractivity contribution in [3.63, 3.8) is 0 Å². The summed E-state index contributed by atoms with van der Waals surface area (Å²) < 4.78 is 4.98. The van der Waals surface area contributed by atoms with Gasteiger partial charge in [-0.3, -0.25) is 4.99 Å². The van der Waals surface area contributed by atoms with Gasteiger partial charge in [0.15, 0.2) is 10.0 Å². The molecular formula is C4H6INO. The van der Waals surface area contributed by atoms with Gasteiger partial charge in [0.05, 0.1) is 6.54 Å². The summed E-state index contributed by atoms with van der Waals surface area (Å²) in [7, 11) is 0. The average molecular weight is 211 g/mol. The van der Waals surface area contributed by atoms with Crippen molar-refractivity contribution in [2.24, 2.45) is 4.99 Å². The first-order valence-electron chi connectivity index (χ1n) is 2.06. The highest BCUT2D eigenvalue weighted by Crippen LogP contribution is 2.21. The molecule has 1 heterocycles. The van der Waals surface area contributed by atoms with Crippen molar-refractivity contribution in [1.82, 2.24) is 0 Å². The minimum Gasteiger partial charge on any atom is -0.465 e. The number of nitrogens with zero attached hydrogens (tertiary/aromatic N) is 1. The van der Waals surface area contributed by atoms with E-state index in [9.17, 15) is 0 Å². The minimum absolute atomic E-state index is 0.0578. The van der Waals surface area contributed by atoms with Crippen LogP contribution in [0.1, 0.15) is 6.92 Å². The van der Waals surface area contributed by atoms with Crippen LogP contribution in [0.5, 0.6) is 0 Å². The second kappa shape index (κ2) is 1.61. The lowest BCUT2D eigenvalue weighted by atomic mass is 10.4. The zero-order chi connectivity index (χ0) is 5.33. The van der Waals surface area contributed by atoms with E-state index < -0.39 is 0 Å². The molecule has 7 heavy (non-hydrogen) atoms. The Bertz CT molecular complexity index is 89.9. The Labute approximate surface area is 56.1 Å². The van der Waals surface area contributed by atoms with Gasteiger partial charge in [0.1, 0.15) is 0 Å². The van der Waals surface area contributed by atoms with Crippen molar-refractivity contribution in [3.8, 4) is 0 Å². The van der Waals surface area contributed by atoms with Crippen molar-refractivity contribution >= 4 is 29.0 Å². The van der Waals surface area contributed by atoms with Gasteiger partial charge in [-0.05, 0) is 29.5 Å². The maximum absolute atomic E-state index is 5.04. The summed E-state index contributed by atoms with van der Waals surface area (Å²) in [5.41, 5.74) is 0. The first-order valence-corrected chi connectivity index (χ1v) is 3.14. The molecule has 0 spiro atoms. The molecule has 40 valence electrons. The van der Waals surface area contributed by atoms with Gasteiger partial charge >= 0.3 is 0 Å². The van der Waals surface area contributed by atoms with Gasteiger partial charge in [0.2, 0.25) is 0 Å². The SMILES string of the molecule is CC1(I)CN=CO1. The molecule has 0 saturated heterocycles. The molecule has 1 rings (SSSR count). The van der Waals surface area contributed by atoms with Crippen LogP contribution >= 0.6 is 22.6 Å². The molecule has 0 N–H and O–H groups in total. The summed E-state index contributed by atoms with van der Waals surface area (Å²) >= 11 is 2.22. The Hall–Kier alpha value is 0.200. The summed E-state index contributed by atoms with van der Waals surface area (Å²) in [6.07, 6.45) is 1.51. The van der Waals surface area contributed by atoms with Crippen LogP contribution in [-0.2, 0) is 4.74 Å². The quantitative estimate of drug-likeness (QED) is 0.435. The number of halogens is 1. The van der Waals surface area contributed by atoms with Crippen LogP contribution in [-0.4, -0.2) is 16.6 Å². The van der Waals surface area contributed by atoms with Crippen LogP contribution in [0.3, 0.4) is 0 Å². The minimum atomic E-state index is -0.0578. The molecule has 0 aromatic rings. The highest BCUT2D eigenvalue weighted by atomic mass is 127. The van der Waals surface area contributed by atoms with Gasteiger partial charge < -0.3 is 4.74 Å². The molecule has 0 bridgehead atoms. The van der Waals surface area contributed by atoms with Crippen LogP contribution in [0.25, 0.3) is 0 Å². The van der Waals surface area contributed by atoms with Gasteiger partial charge in [-0.15, -0.1) is 0 Å². The first kappa shape index (κ1) is 5.34. The molecule has 1 atom stereocenters. The molecular weight excluding hydrogens is 205 g/mol. The fourth-order valence-corrected chi connectivity index (χ4v) is 0.695. The fraction of sp³-hybridized carbons (Fsp3) is 0.750. The monoisotopic (exact) mass is 211 g/mol. The average Bonchev–Trinajstić information content (AvgIpc) is 1.84. The second-order valence-corrected chi connectivity index (χ2v) is 3.95. The van der Waals surface area contributed by atoms with Crippen molar-refractivity contribution in [3.05, 3.63) is 0 Å². The largest absolute Gasteiger partial charge is 0.465 e. The Kier molecular flexibility index (Phi) is 1.23. The molecule has 1 aliphatic rings. The molecule has 3 heteroatoms. The van der Waals surface area contributed by atoms with Gasteiger partial charge in [0.25, 0.3) is 0 Å². The van der Waals surface area contributed by atoms with E-state index in [1.165, 1.54) is 6.40 Å². The normalized spacial score (nSPS) is 38.6. The molecule has 2 nitrogen and oxygen atoms in total. The topological polar surface area (TPSA) is 21.6 Å². The lowest BCUT2D eigenvalue weighted by Gasteiger charge is -2.10. The van der Waals surface area contributed by atoms with Gasteiger partial charge in [-0.25, -0.2) is 0 Å². The van der Waals surface area contributed by atoms with E-state index in [0.29, 0.717) is 0 Å². The summed E-state index contributed by atoms with van der Waals surface area (Å²) in [5.74, 6) is 0. The lowest BCUT2D eigenvalue weighted by Crippen LogP contribution is -2.16. The third kappa shape index (κ3) is 1.29. The van der Waals surface area contributed by atoms with Crippen LogP contribution in [0, 0.1) is 0 Å². The van der Waals surface area contributed by atoms with E-state index in [1.54, 1.807) is 0 Å². The number of rotatable bonds is 0. The molecule has 0 fully saturated rings. The Morgan fingerprint density at radius 3 is 2.86 bits per heavy atom. The maximum atomic E-state index is 5.04. The number of hydrogen-bond acceptors (Lipinski definition) is 2. The van der Waals surface area contributed by atoms with Crippen molar-refractivity contribution in [1.29, 1.82) is 0 Å². The second-order valence-electron chi connectivity index (χ2n) is 1.67. The van der Waals surface area contributed by atoms with Crippen LogP contribution in [0.4, 0.5) is 0 Å². The molecule has 1 unspecified atom stereocenters. The standard InChI is InChI=1S/C4H6INO/c1-4(5)2-6-3-7-4/h3H,2H2,1H3. The number of aliphatic imine (C=N–C) groups is 1. The first-order chi connectivity index (χ1) is 3.21. The Morgan fingerprint density at radius 1 is 2.00 bits per heavy atom. The van der Waals surface area contributed by atoms with E-state index in [-0.39, 0.29) is 3.61 Å². The van der Waals surface area contributed by atoms with E-state index in [1.807, 2.05) is 6.92 Å². The van der Waals surface area contributed by atoms with Crippen LogP contribution in [0.15, 0.2) is 4.99 Å². The van der Waals surface area contributed by atoms with Crippen LogP contribution in [0.2, 0.25) is 0 Å². The van der Waals surface area contributed by atoms with Crippen molar-refractivity contribution in [2.45, 2.75) is 10.5 Å². The predicted octanol–water partition coefficient (Wildman–Crippen LogP) is 1.20. The van der Waals surface area contributed by atoms with Crippen molar-refractivity contribution in [2.75, 3.05) is 6.54 Å².